The summed E-state index contributed by atoms with van der Waals surface area (Å²) in [7, 11) is -3.28. The summed E-state index contributed by atoms with van der Waals surface area (Å²) in [5.41, 5.74) is 2.47. The maximum Gasteiger partial charge on any atom is 0.391 e. The van der Waals surface area contributed by atoms with Crippen LogP contribution in [0.1, 0.15) is 54.2 Å². The van der Waals surface area contributed by atoms with Gasteiger partial charge in [0, 0.05) is 29.3 Å². The second-order valence-corrected chi connectivity index (χ2v) is 12.1. The highest BCUT2D eigenvalue weighted by Crippen LogP contribution is 2.40. The lowest BCUT2D eigenvalue weighted by molar-refractivity contribution is -0.184. The fraction of sp³-hybridized carbons (Fsp3) is 0.429. The van der Waals surface area contributed by atoms with Crippen molar-refractivity contribution in [1.29, 1.82) is 0 Å². The van der Waals surface area contributed by atoms with Crippen molar-refractivity contribution in [3.8, 4) is 5.75 Å². The standard InChI is InChI=1S/C28H31F3N2O4S/c1-3-38(35,36)23-11-6-19(7-12-23)16-32-27(34)21-8-13-24-25(15-21)33-18(2)14-26(24)37-17-20-4-9-22(10-5-20)28(29,30)31/h6-8,11-15,20,22H,3-5,9-10,16-17H2,1-2H3,(H,32,34)/t20-,22-. The Bertz CT molecular complexity index is 1400. The molecule has 38 heavy (non-hydrogen) atoms. The SMILES string of the molecule is CCS(=O)(=O)c1ccc(CNC(=O)c2ccc3c(OC[C@H]4CC[C@H](C(F)(F)F)CC4)cc(C)nc3c2)cc1. The number of alkyl halides is 3. The zero-order chi connectivity index (χ0) is 27.5. The van der Waals surface area contributed by atoms with E-state index in [4.69, 9.17) is 4.74 Å². The van der Waals surface area contributed by atoms with E-state index in [1.54, 1.807) is 43.3 Å². The van der Waals surface area contributed by atoms with Crippen molar-refractivity contribution in [3.63, 3.8) is 0 Å². The van der Waals surface area contributed by atoms with Crippen LogP contribution in [0.2, 0.25) is 0 Å². The highest BCUT2D eigenvalue weighted by atomic mass is 32.2. The maximum absolute atomic E-state index is 12.9. The molecule has 1 saturated carbocycles. The van der Waals surface area contributed by atoms with Crippen molar-refractivity contribution < 1.29 is 31.1 Å². The number of aryl methyl sites for hydroxylation is 1. The fourth-order valence-corrected chi connectivity index (χ4v) is 5.60. The second-order valence-electron chi connectivity index (χ2n) is 9.79. The molecule has 1 heterocycles. The highest BCUT2D eigenvalue weighted by molar-refractivity contribution is 7.91. The van der Waals surface area contributed by atoms with Gasteiger partial charge in [-0.1, -0.05) is 19.1 Å². The molecule has 0 radical (unpaired) electrons. The first-order chi connectivity index (χ1) is 18.0. The first-order valence-electron chi connectivity index (χ1n) is 12.7. The molecule has 2 aromatic carbocycles. The molecule has 0 bridgehead atoms. The molecule has 4 rings (SSSR count). The summed E-state index contributed by atoms with van der Waals surface area (Å²) < 4.78 is 68.8. The Hall–Kier alpha value is -3.14. The van der Waals surface area contributed by atoms with Crippen LogP contribution in [0, 0.1) is 18.8 Å². The van der Waals surface area contributed by atoms with E-state index in [1.165, 1.54) is 12.1 Å². The lowest BCUT2D eigenvalue weighted by atomic mass is 9.82. The average molecular weight is 549 g/mol. The normalized spacial score (nSPS) is 18.3. The number of benzene rings is 2. The van der Waals surface area contributed by atoms with E-state index in [-0.39, 0.29) is 41.9 Å². The monoisotopic (exact) mass is 548 g/mol. The summed E-state index contributed by atoms with van der Waals surface area (Å²) in [5, 5.41) is 3.56. The predicted molar refractivity (Wildman–Crippen MR) is 139 cm³/mol. The molecule has 1 aromatic heterocycles. The minimum Gasteiger partial charge on any atom is -0.493 e. The lowest BCUT2D eigenvalue weighted by Crippen LogP contribution is -2.29. The Kier molecular flexibility index (Phi) is 8.30. The Labute approximate surface area is 220 Å². The van der Waals surface area contributed by atoms with Crippen LogP contribution < -0.4 is 10.1 Å². The summed E-state index contributed by atoms with van der Waals surface area (Å²) in [4.78, 5) is 17.6. The lowest BCUT2D eigenvalue weighted by Gasteiger charge is -2.29. The number of halogens is 3. The average Bonchev–Trinajstić information content (AvgIpc) is 2.89. The van der Waals surface area contributed by atoms with Gasteiger partial charge < -0.3 is 10.1 Å². The van der Waals surface area contributed by atoms with E-state index in [2.05, 4.69) is 10.3 Å². The van der Waals surface area contributed by atoms with Crippen molar-refractivity contribution in [1.82, 2.24) is 10.3 Å². The van der Waals surface area contributed by atoms with E-state index < -0.39 is 21.9 Å². The van der Waals surface area contributed by atoms with Crippen LogP contribution in [0.5, 0.6) is 5.75 Å². The molecule has 0 aliphatic heterocycles. The largest absolute Gasteiger partial charge is 0.493 e. The van der Waals surface area contributed by atoms with Crippen LogP contribution in [0.25, 0.3) is 10.9 Å². The van der Waals surface area contributed by atoms with Gasteiger partial charge in [-0.3, -0.25) is 9.78 Å². The van der Waals surface area contributed by atoms with E-state index in [0.29, 0.717) is 42.0 Å². The number of sulfone groups is 1. The van der Waals surface area contributed by atoms with Crippen molar-refractivity contribution in [2.45, 2.75) is 57.1 Å². The zero-order valence-electron chi connectivity index (χ0n) is 21.3. The maximum atomic E-state index is 12.9. The molecule has 3 aromatic rings. The van der Waals surface area contributed by atoms with E-state index in [0.717, 1.165) is 10.9 Å². The van der Waals surface area contributed by atoms with Gasteiger partial charge >= 0.3 is 6.18 Å². The van der Waals surface area contributed by atoms with Gasteiger partial charge in [0.1, 0.15) is 5.75 Å². The molecule has 1 aliphatic carbocycles. The third-order valence-electron chi connectivity index (χ3n) is 7.06. The molecule has 1 N–H and O–H groups in total. The van der Waals surface area contributed by atoms with Crippen LogP contribution in [-0.4, -0.2) is 37.8 Å². The van der Waals surface area contributed by atoms with Gasteiger partial charge in [-0.25, -0.2) is 8.42 Å². The van der Waals surface area contributed by atoms with Crippen molar-refractivity contribution in [2.75, 3.05) is 12.4 Å². The number of rotatable bonds is 8. The van der Waals surface area contributed by atoms with Crippen LogP contribution in [0.3, 0.4) is 0 Å². The molecule has 10 heteroatoms. The van der Waals surface area contributed by atoms with Gasteiger partial charge in [0.05, 0.1) is 28.7 Å². The second kappa shape index (κ2) is 11.3. The molecule has 0 spiro atoms. The molecule has 204 valence electrons. The molecule has 0 saturated heterocycles. The quantitative estimate of drug-likeness (QED) is 0.372. The van der Waals surface area contributed by atoms with E-state index >= 15 is 0 Å². The molecular formula is C28H31F3N2O4S. The minimum atomic E-state index is -4.13. The topological polar surface area (TPSA) is 85.4 Å². The summed E-state index contributed by atoms with van der Waals surface area (Å²) in [6, 6.07) is 13.3. The third-order valence-corrected chi connectivity index (χ3v) is 8.81. The van der Waals surface area contributed by atoms with Crippen molar-refractivity contribution in [2.24, 2.45) is 11.8 Å². The summed E-state index contributed by atoms with van der Waals surface area (Å²) in [6.45, 7) is 3.97. The Morgan fingerprint density at radius 1 is 1.05 bits per heavy atom. The van der Waals surface area contributed by atoms with E-state index in [1.807, 2.05) is 6.92 Å². The van der Waals surface area contributed by atoms with Crippen LogP contribution in [0.15, 0.2) is 53.4 Å². The summed E-state index contributed by atoms with van der Waals surface area (Å²) in [5.74, 6) is -0.833. The summed E-state index contributed by atoms with van der Waals surface area (Å²) in [6.07, 6.45) is -2.90. The molecular weight excluding hydrogens is 517 g/mol. The van der Waals surface area contributed by atoms with Crippen molar-refractivity contribution in [3.05, 3.63) is 65.4 Å². The minimum absolute atomic E-state index is 0.0221. The molecule has 0 unspecified atom stereocenters. The third kappa shape index (κ3) is 6.64. The number of nitrogens with zero attached hydrogens (tertiary/aromatic N) is 1. The van der Waals surface area contributed by atoms with Gasteiger partial charge in [-0.05, 0) is 74.4 Å². The Balaban J connectivity index is 1.39. The molecule has 1 fully saturated rings. The van der Waals surface area contributed by atoms with Gasteiger partial charge in [0.2, 0.25) is 0 Å². The van der Waals surface area contributed by atoms with Crippen LogP contribution in [-0.2, 0) is 16.4 Å². The number of hydrogen-bond donors (Lipinski definition) is 1. The predicted octanol–water partition coefficient (Wildman–Crippen LogP) is 6.01. The molecule has 0 atom stereocenters. The van der Waals surface area contributed by atoms with Gasteiger partial charge in [-0.2, -0.15) is 13.2 Å². The van der Waals surface area contributed by atoms with Crippen LogP contribution in [0.4, 0.5) is 13.2 Å². The first-order valence-corrected chi connectivity index (χ1v) is 14.3. The number of nitrogens with one attached hydrogen (secondary N) is 1. The number of hydrogen-bond acceptors (Lipinski definition) is 5. The number of ether oxygens (including phenoxy) is 1. The van der Waals surface area contributed by atoms with Gasteiger partial charge in [-0.15, -0.1) is 0 Å². The first kappa shape index (κ1) is 27.9. The van der Waals surface area contributed by atoms with Gasteiger partial charge in [0.25, 0.3) is 5.91 Å². The number of fused-ring (bicyclic) bond motifs is 1. The molecule has 6 nitrogen and oxygen atoms in total. The number of amides is 1. The zero-order valence-corrected chi connectivity index (χ0v) is 22.2. The summed E-state index contributed by atoms with van der Waals surface area (Å²) >= 11 is 0. The highest BCUT2D eigenvalue weighted by Gasteiger charge is 2.41. The fourth-order valence-electron chi connectivity index (χ4n) is 4.71. The van der Waals surface area contributed by atoms with Crippen LogP contribution >= 0.6 is 0 Å². The number of pyridine rings is 1. The number of carbonyl (C=O) groups excluding carboxylic acids is 1. The molecule has 1 aliphatic rings. The Morgan fingerprint density at radius 3 is 2.37 bits per heavy atom. The number of carbonyl (C=O) groups is 1. The smallest absolute Gasteiger partial charge is 0.391 e. The van der Waals surface area contributed by atoms with E-state index in [9.17, 15) is 26.4 Å². The molecule has 1 amide bonds. The van der Waals surface area contributed by atoms with Crippen molar-refractivity contribution >= 4 is 26.6 Å². The van der Waals surface area contributed by atoms with Gasteiger partial charge in [0.15, 0.2) is 9.84 Å². The Morgan fingerprint density at radius 2 is 1.74 bits per heavy atom. The number of aromatic nitrogens is 1.